The number of urea groups is 1. The lowest BCUT2D eigenvalue weighted by molar-refractivity contribution is 0.0600. The SMILES string of the molecule is COC(=O)c1ccc(CNC(=O)Nc2ccccc2Cl)cc1. The van der Waals surface area contributed by atoms with E-state index in [1.165, 1.54) is 7.11 Å². The van der Waals surface area contributed by atoms with Crippen LogP contribution in [0.15, 0.2) is 48.5 Å². The summed E-state index contributed by atoms with van der Waals surface area (Å²) in [5.41, 5.74) is 1.87. The fraction of sp³-hybridized carbons (Fsp3) is 0.125. The number of methoxy groups -OCH3 is 1. The number of esters is 1. The Morgan fingerprint density at radius 1 is 1.09 bits per heavy atom. The normalized spacial score (nSPS) is 9.91. The highest BCUT2D eigenvalue weighted by Crippen LogP contribution is 2.20. The van der Waals surface area contributed by atoms with E-state index >= 15 is 0 Å². The molecule has 2 aromatic rings. The van der Waals surface area contributed by atoms with Crippen molar-refractivity contribution in [3.63, 3.8) is 0 Å². The van der Waals surface area contributed by atoms with E-state index < -0.39 is 5.97 Å². The number of rotatable bonds is 4. The van der Waals surface area contributed by atoms with Gasteiger partial charge >= 0.3 is 12.0 Å². The fourth-order valence-corrected chi connectivity index (χ4v) is 1.97. The van der Waals surface area contributed by atoms with Gasteiger partial charge < -0.3 is 15.4 Å². The summed E-state index contributed by atoms with van der Waals surface area (Å²) in [6.45, 7) is 0.331. The number of carbonyl (C=O) groups excluding carboxylic acids is 2. The van der Waals surface area contributed by atoms with E-state index in [1.807, 2.05) is 0 Å². The largest absolute Gasteiger partial charge is 0.465 e. The number of anilines is 1. The monoisotopic (exact) mass is 318 g/mol. The zero-order chi connectivity index (χ0) is 15.9. The molecule has 0 aliphatic carbocycles. The predicted molar refractivity (Wildman–Crippen MR) is 85.1 cm³/mol. The standard InChI is InChI=1S/C16H15ClN2O3/c1-22-15(20)12-8-6-11(7-9-12)10-18-16(21)19-14-5-3-2-4-13(14)17/h2-9H,10H2,1H3,(H2,18,19,21). The molecule has 6 heteroatoms. The highest BCUT2D eigenvalue weighted by molar-refractivity contribution is 6.33. The second-order valence-electron chi connectivity index (χ2n) is 4.48. The molecule has 0 atom stereocenters. The lowest BCUT2D eigenvalue weighted by atomic mass is 10.1. The van der Waals surface area contributed by atoms with Gasteiger partial charge in [0.15, 0.2) is 0 Å². The zero-order valence-corrected chi connectivity index (χ0v) is 12.7. The maximum atomic E-state index is 11.8. The van der Waals surface area contributed by atoms with Gasteiger partial charge in [-0.25, -0.2) is 9.59 Å². The number of amides is 2. The number of hydrogen-bond acceptors (Lipinski definition) is 3. The minimum Gasteiger partial charge on any atom is -0.465 e. The van der Waals surface area contributed by atoms with Crippen LogP contribution in [0, 0.1) is 0 Å². The molecule has 2 aromatic carbocycles. The van der Waals surface area contributed by atoms with Gasteiger partial charge in [0.05, 0.1) is 23.4 Å². The van der Waals surface area contributed by atoms with E-state index in [1.54, 1.807) is 48.5 Å². The van der Waals surface area contributed by atoms with E-state index in [0.717, 1.165) is 5.56 Å². The maximum Gasteiger partial charge on any atom is 0.337 e. The van der Waals surface area contributed by atoms with E-state index in [2.05, 4.69) is 15.4 Å². The van der Waals surface area contributed by atoms with Gasteiger partial charge in [0.25, 0.3) is 0 Å². The van der Waals surface area contributed by atoms with Crippen molar-refractivity contribution >= 4 is 29.3 Å². The van der Waals surface area contributed by atoms with Crippen molar-refractivity contribution in [2.24, 2.45) is 0 Å². The number of nitrogens with one attached hydrogen (secondary N) is 2. The summed E-state index contributed by atoms with van der Waals surface area (Å²) in [5.74, 6) is -0.393. The first-order valence-electron chi connectivity index (χ1n) is 6.57. The maximum absolute atomic E-state index is 11.8. The van der Waals surface area contributed by atoms with Crippen LogP contribution in [-0.4, -0.2) is 19.1 Å². The third kappa shape index (κ3) is 4.23. The Morgan fingerprint density at radius 2 is 1.77 bits per heavy atom. The third-order valence-corrected chi connectivity index (χ3v) is 3.28. The Kier molecular flexibility index (Phi) is 5.38. The van der Waals surface area contributed by atoms with E-state index in [-0.39, 0.29) is 6.03 Å². The Balaban J connectivity index is 1.89. The lowest BCUT2D eigenvalue weighted by Crippen LogP contribution is -2.28. The molecule has 0 fully saturated rings. The van der Waals surface area contributed by atoms with E-state index in [4.69, 9.17) is 11.6 Å². The molecule has 0 aliphatic rings. The zero-order valence-electron chi connectivity index (χ0n) is 11.9. The van der Waals surface area contributed by atoms with Gasteiger partial charge in [-0.15, -0.1) is 0 Å². The molecule has 2 rings (SSSR count). The van der Waals surface area contributed by atoms with Crippen molar-refractivity contribution < 1.29 is 14.3 Å². The molecule has 5 nitrogen and oxygen atoms in total. The molecule has 0 radical (unpaired) electrons. The molecule has 0 bridgehead atoms. The van der Waals surface area contributed by atoms with Gasteiger partial charge in [0.2, 0.25) is 0 Å². The minimum atomic E-state index is -0.393. The number of para-hydroxylation sites is 1. The van der Waals surface area contributed by atoms with Gasteiger partial charge in [-0.3, -0.25) is 0 Å². The average molecular weight is 319 g/mol. The van der Waals surface area contributed by atoms with E-state index in [0.29, 0.717) is 22.8 Å². The smallest absolute Gasteiger partial charge is 0.337 e. The topological polar surface area (TPSA) is 67.4 Å². The molecule has 0 spiro atoms. The quantitative estimate of drug-likeness (QED) is 0.848. The van der Waals surface area contributed by atoms with Crippen LogP contribution in [0.3, 0.4) is 0 Å². The van der Waals surface area contributed by atoms with Gasteiger partial charge in [0.1, 0.15) is 0 Å². The first-order valence-corrected chi connectivity index (χ1v) is 6.94. The summed E-state index contributed by atoms with van der Waals surface area (Å²) in [6.07, 6.45) is 0. The fourth-order valence-electron chi connectivity index (χ4n) is 1.79. The van der Waals surface area contributed by atoms with Crippen LogP contribution in [0.4, 0.5) is 10.5 Å². The molecular formula is C16H15ClN2O3. The minimum absolute atomic E-state index is 0.331. The number of halogens is 1. The summed E-state index contributed by atoms with van der Waals surface area (Å²) in [5, 5.41) is 5.85. The number of ether oxygens (including phenoxy) is 1. The molecule has 0 saturated carbocycles. The summed E-state index contributed by atoms with van der Waals surface area (Å²) in [7, 11) is 1.33. The predicted octanol–water partition coefficient (Wildman–Crippen LogP) is 3.45. The molecule has 0 aliphatic heterocycles. The molecule has 114 valence electrons. The molecule has 22 heavy (non-hydrogen) atoms. The Morgan fingerprint density at radius 3 is 2.41 bits per heavy atom. The summed E-state index contributed by atoms with van der Waals surface area (Å²) < 4.78 is 4.62. The van der Waals surface area contributed by atoms with Gasteiger partial charge in [-0.2, -0.15) is 0 Å². The van der Waals surface area contributed by atoms with Gasteiger partial charge in [0, 0.05) is 6.54 Å². The van der Waals surface area contributed by atoms with Crippen LogP contribution in [0.5, 0.6) is 0 Å². The van der Waals surface area contributed by atoms with E-state index in [9.17, 15) is 9.59 Å². The van der Waals surface area contributed by atoms with Crippen LogP contribution in [0.1, 0.15) is 15.9 Å². The summed E-state index contributed by atoms with van der Waals surface area (Å²) in [4.78, 5) is 23.1. The molecule has 0 aromatic heterocycles. The van der Waals surface area contributed by atoms with Crippen LogP contribution >= 0.6 is 11.6 Å². The van der Waals surface area contributed by atoms with Crippen LogP contribution in [0.25, 0.3) is 0 Å². The third-order valence-electron chi connectivity index (χ3n) is 2.95. The average Bonchev–Trinajstić information content (AvgIpc) is 2.55. The number of hydrogen-bond donors (Lipinski definition) is 2. The molecule has 0 unspecified atom stereocenters. The van der Waals surface area contributed by atoms with Crippen molar-refractivity contribution in [2.45, 2.75) is 6.54 Å². The summed E-state index contributed by atoms with van der Waals surface area (Å²) >= 11 is 5.96. The molecular weight excluding hydrogens is 304 g/mol. The Labute approximate surface area is 133 Å². The molecule has 0 saturated heterocycles. The summed E-state index contributed by atoms with van der Waals surface area (Å²) in [6, 6.07) is 13.4. The second-order valence-corrected chi connectivity index (χ2v) is 4.88. The van der Waals surface area contributed by atoms with Gasteiger partial charge in [-0.1, -0.05) is 35.9 Å². The first kappa shape index (κ1) is 15.9. The first-order chi connectivity index (χ1) is 10.6. The molecule has 0 heterocycles. The highest BCUT2D eigenvalue weighted by Gasteiger charge is 2.06. The number of carbonyl (C=O) groups is 2. The van der Waals surface area contributed by atoms with Crippen LogP contribution in [-0.2, 0) is 11.3 Å². The van der Waals surface area contributed by atoms with Crippen molar-refractivity contribution in [1.82, 2.24) is 5.32 Å². The van der Waals surface area contributed by atoms with Crippen molar-refractivity contribution in [3.05, 3.63) is 64.7 Å². The Hall–Kier alpha value is -2.53. The molecule has 2 N–H and O–H groups in total. The highest BCUT2D eigenvalue weighted by atomic mass is 35.5. The van der Waals surface area contributed by atoms with Gasteiger partial charge in [-0.05, 0) is 29.8 Å². The second kappa shape index (κ2) is 7.47. The van der Waals surface area contributed by atoms with Crippen molar-refractivity contribution in [2.75, 3.05) is 12.4 Å². The molecule has 2 amide bonds. The van der Waals surface area contributed by atoms with Crippen LogP contribution in [0.2, 0.25) is 5.02 Å². The lowest BCUT2D eigenvalue weighted by Gasteiger charge is -2.09. The number of benzene rings is 2. The van der Waals surface area contributed by atoms with Crippen LogP contribution < -0.4 is 10.6 Å². The van der Waals surface area contributed by atoms with Crippen molar-refractivity contribution in [3.8, 4) is 0 Å². The Bertz CT molecular complexity index is 671. The van der Waals surface area contributed by atoms with Crippen molar-refractivity contribution in [1.29, 1.82) is 0 Å².